The first-order valence-electron chi connectivity index (χ1n) is 12.7. The largest absolute Gasteiger partial charge is 0.496 e. The van der Waals surface area contributed by atoms with Gasteiger partial charge in [0.15, 0.2) is 5.16 Å². The fourth-order valence-corrected chi connectivity index (χ4v) is 5.19. The molecule has 0 aliphatic heterocycles. The zero-order valence-corrected chi connectivity index (χ0v) is 27.1. The number of carbonyl (C=O) groups excluding carboxylic acids is 2. The molecule has 0 spiro atoms. The summed E-state index contributed by atoms with van der Waals surface area (Å²) in [6.45, 7) is 3.45. The summed E-state index contributed by atoms with van der Waals surface area (Å²) in [4.78, 5) is 40.9. The van der Waals surface area contributed by atoms with Crippen molar-refractivity contribution in [1.82, 2.24) is 19.9 Å². The van der Waals surface area contributed by atoms with Crippen molar-refractivity contribution in [3.05, 3.63) is 81.1 Å². The molecular weight excluding hydrogens is 651 g/mol. The van der Waals surface area contributed by atoms with Gasteiger partial charge in [0.25, 0.3) is 0 Å². The van der Waals surface area contributed by atoms with Gasteiger partial charge in [-0.15, -0.1) is 0 Å². The van der Waals surface area contributed by atoms with E-state index in [4.69, 9.17) is 44.1 Å². The minimum atomic E-state index is -3.61. The molecule has 2 heterocycles. The highest BCUT2D eigenvalue weighted by atomic mass is 35.5. The fourth-order valence-electron chi connectivity index (χ4n) is 3.59. The number of hydrogen-bond donors (Lipinski definition) is 2. The Bertz CT molecular complexity index is 1810. The summed E-state index contributed by atoms with van der Waals surface area (Å²) in [5, 5.41) is 0.923. The van der Waals surface area contributed by atoms with Crippen molar-refractivity contribution in [2.45, 2.75) is 24.2 Å². The number of thioether (sulfide) groups is 1. The van der Waals surface area contributed by atoms with Crippen LogP contribution in [0.2, 0.25) is 10.0 Å². The molecule has 0 aliphatic carbocycles. The van der Waals surface area contributed by atoms with Crippen LogP contribution in [0.25, 0.3) is 0 Å². The molecule has 0 atom stereocenters. The molecule has 0 saturated carbocycles. The number of rotatable bonds is 10. The molecule has 4 N–H and O–H groups in total. The maximum Gasteiger partial charge on any atom is 0.249 e. The van der Waals surface area contributed by atoms with Crippen molar-refractivity contribution in [1.29, 1.82) is 0 Å². The SMILES string of the molecule is CCS(=O)(=O)c1ncc(C(=O)c2cc(Cl)ccc2OC)c(N)n1.CCSc1ncc(C(=O)c2cc(Cl)ccc2OC)c(N)n1. The molecule has 16 heteroatoms. The molecule has 0 radical (unpaired) electrons. The molecule has 0 unspecified atom stereocenters. The number of anilines is 2. The monoisotopic (exact) mass is 678 g/mol. The van der Waals surface area contributed by atoms with Crippen LogP contribution in [0, 0.1) is 0 Å². The third-order valence-electron chi connectivity index (χ3n) is 5.83. The fraction of sp³-hybridized carbons (Fsp3) is 0.214. The number of nitrogen functional groups attached to an aromatic ring is 2. The number of nitrogens with two attached hydrogens (primary N) is 2. The number of aromatic nitrogens is 4. The first kappa shape index (κ1) is 34.5. The summed E-state index contributed by atoms with van der Waals surface area (Å²) in [7, 11) is -0.706. The minimum absolute atomic E-state index is 0.0272. The Morgan fingerprint density at radius 1 is 0.795 bits per heavy atom. The van der Waals surface area contributed by atoms with E-state index in [9.17, 15) is 18.0 Å². The Morgan fingerprint density at radius 3 is 1.68 bits per heavy atom. The molecule has 12 nitrogen and oxygen atoms in total. The van der Waals surface area contributed by atoms with Gasteiger partial charge in [-0.3, -0.25) is 9.59 Å². The van der Waals surface area contributed by atoms with Crippen LogP contribution in [0.4, 0.5) is 11.6 Å². The smallest absolute Gasteiger partial charge is 0.249 e. The topological polar surface area (TPSA) is 190 Å². The van der Waals surface area contributed by atoms with E-state index in [0.717, 1.165) is 11.9 Å². The van der Waals surface area contributed by atoms with Gasteiger partial charge >= 0.3 is 0 Å². The third-order valence-corrected chi connectivity index (χ3v) is 8.55. The molecule has 44 heavy (non-hydrogen) atoms. The van der Waals surface area contributed by atoms with Crippen LogP contribution in [-0.4, -0.2) is 65.6 Å². The molecule has 2 aromatic carbocycles. The van der Waals surface area contributed by atoms with Gasteiger partial charge in [-0.25, -0.2) is 28.4 Å². The summed E-state index contributed by atoms with van der Waals surface area (Å²) in [6, 6.07) is 9.37. The lowest BCUT2D eigenvalue weighted by molar-refractivity contribution is 0.102. The van der Waals surface area contributed by atoms with Crippen molar-refractivity contribution in [3.63, 3.8) is 0 Å². The van der Waals surface area contributed by atoms with Crippen molar-refractivity contribution in [2.24, 2.45) is 0 Å². The van der Waals surface area contributed by atoms with Gasteiger partial charge in [0.2, 0.25) is 26.6 Å². The van der Waals surface area contributed by atoms with Crippen molar-refractivity contribution in [2.75, 3.05) is 37.2 Å². The molecule has 4 rings (SSSR count). The minimum Gasteiger partial charge on any atom is -0.496 e. The Morgan fingerprint density at radius 2 is 1.27 bits per heavy atom. The second-order valence-corrected chi connectivity index (χ2v) is 12.9. The van der Waals surface area contributed by atoms with E-state index in [-0.39, 0.29) is 39.9 Å². The van der Waals surface area contributed by atoms with Gasteiger partial charge < -0.3 is 20.9 Å². The van der Waals surface area contributed by atoms with Gasteiger partial charge in [-0.05, 0) is 42.2 Å². The van der Waals surface area contributed by atoms with Gasteiger partial charge in [-0.1, -0.05) is 48.8 Å². The Labute approximate surface area is 268 Å². The van der Waals surface area contributed by atoms with Crippen LogP contribution in [-0.2, 0) is 9.84 Å². The number of ketones is 2. The van der Waals surface area contributed by atoms with Crippen LogP contribution >= 0.6 is 35.0 Å². The van der Waals surface area contributed by atoms with Gasteiger partial charge in [0.05, 0.1) is 42.2 Å². The quantitative estimate of drug-likeness (QED) is 0.132. The highest BCUT2D eigenvalue weighted by Crippen LogP contribution is 2.28. The second-order valence-electron chi connectivity index (χ2n) is 8.59. The summed E-state index contributed by atoms with van der Waals surface area (Å²) < 4.78 is 33.8. The standard InChI is InChI=1S/C14H14ClN3O4S.C14H14ClN3O2S/c1-3-23(20,21)14-17-7-10(13(16)18-14)12(19)9-6-8(15)4-5-11(9)22-2;1-3-21-14-17-7-10(13(16)18-14)12(19)9-6-8(15)4-5-11(9)20-2/h4-7H,3H2,1-2H3,(H2,16,17,18);4-7H,3H2,1-2H3,(H2,16,17,18). The highest BCUT2D eigenvalue weighted by Gasteiger charge is 2.23. The summed E-state index contributed by atoms with van der Waals surface area (Å²) in [5.74, 6) is 0.491. The number of nitrogens with zero attached hydrogens (tertiary/aromatic N) is 4. The molecule has 0 amide bonds. The van der Waals surface area contributed by atoms with Crippen molar-refractivity contribution >= 4 is 68.0 Å². The first-order valence-corrected chi connectivity index (χ1v) is 16.1. The van der Waals surface area contributed by atoms with Crippen LogP contribution < -0.4 is 20.9 Å². The number of carbonyl (C=O) groups is 2. The van der Waals surface area contributed by atoms with E-state index in [2.05, 4.69) is 19.9 Å². The number of hydrogen-bond acceptors (Lipinski definition) is 13. The number of halogens is 2. The average Bonchev–Trinajstić information content (AvgIpc) is 3.01. The number of ether oxygens (including phenoxy) is 2. The highest BCUT2D eigenvalue weighted by molar-refractivity contribution is 7.99. The summed E-state index contributed by atoms with van der Waals surface area (Å²) in [5.41, 5.74) is 12.3. The average molecular weight is 680 g/mol. The maximum atomic E-state index is 12.6. The Kier molecular flexibility index (Phi) is 11.9. The first-order chi connectivity index (χ1) is 20.9. The zero-order valence-electron chi connectivity index (χ0n) is 24.0. The molecule has 232 valence electrons. The van der Waals surface area contributed by atoms with Crippen LogP contribution in [0.5, 0.6) is 11.5 Å². The predicted molar refractivity (Wildman–Crippen MR) is 170 cm³/mol. The number of sulfone groups is 1. The van der Waals surface area contributed by atoms with Crippen LogP contribution in [0.1, 0.15) is 45.7 Å². The number of benzene rings is 2. The van der Waals surface area contributed by atoms with E-state index in [1.807, 2.05) is 6.92 Å². The summed E-state index contributed by atoms with van der Waals surface area (Å²) in [6.07, 6.45) is 2.52. The molecule has 0 saturated heterocycles. The van der Waals surface area contributed by atoms with Gasteiger partial charge in [-0.2, -0.15) is 0 Å². The Hall–Kier alpha value is -3.98. The van der Waals surface area contributed by atoms with E-state index < -0.39 is 20.8 Å². The van der Waals surface area contributed by atoms with E-state index >= 15 is 0 Å². The molecule has 2 aromatic heterocycles. The van der Waals surface area contributed by atoms with Crippen molar-refractivity contribution < 1.29 is 27.5 Å². The van der Waals surface area contributed by atoms with Crippen LogP contribution in [0.15, 0.2) is 59.1 Å². The zero-order chi connectivity index (χ0) is 32.6. The normalized spacial score (nSPS) is 10.9. The van der Waals surface area contributed by atoms with Crippen molar-refractivity contribution in [3.8, 4) is 11.5 Å². The molecule has 0 bridgehead atoms. The maximum absolute atomic E-state index is 12.6. The second kappa shape index (κ2) is 15.1. The van der Waals surface area contributed by atoms with E-state index in [1.54, 1.807) is 24.3 Å². The predicted octanol–water partition coefficient (Wildman–Crippen LogP) is 4.81. The molecular formula is C28H28Cl2N6O6S2. The van der Waals surface area contributed by atoms with E-state index in [0.29, 0.717) is 32.3 Å². The third kappa shape index (κ3) is 8.14. The molecule has 0 aliphatic rings. The van der Waals surface area contributed by atoms with E-state index in [1.165, 1.54) is 51.2 Å². The molecule has 0 fully saturated rings. The molecule has 4 aromatic rings. The Balaban J connectivity index is 0.000000241. The van der Waals surface area contributed by atoms with Crippen LogP contribution in [0.3, 0.4) is 0 Å². The van der Waals surface area contributed by atoms with Gasteiger partial charge in [0, 0.05) is 22.4 Å². The lowest BCUT2D eigenvalue weighted by Crippen LogP contribution is -2.14. The lowest BCUT2D eigenvalue weighted by Gasteiger charge is -2.10. The summed E-state index contributed by atoms with van der Waals surface area (Å²) >= 11 is 13.3. The lowest BCUT2D eigenvalue weighted by atomic mass is 10.0. The number of methoxy groups -OCH3 is 2. The van der Waals surface area contributed by atoms with Gasteiger partial charge in [0.1, 0.15) is 23.1 Å².